The van der Waals surface area contributed by atoms with Crippen molar-refractivity contribution in [3.8, 4) is 11.6 Å². The molecule has 0 unspecified atom stereocenters. The summed E-state index contributed by atoms with van der Waals surface area (Å²) in [6.45, 7) is 12.7. The number of ether oxygens (including phenoxy) is 1. The van der Waals surface area contributed by atoms with Crippen molar-refractivity contribution in [2.45, 2.75) is 59.4 Å². The third-order valence-corrected chi connectivity index (χ3v) is 6.03. The van der Waals surface area contributed by atoms with Gasteiger partial charge in [-0.05, 0) is 53.2 Å². The molecule has 0 amide bonds. The number of pyridine rings is 1. The molecule has 0 radical (unpaired) electrons. The lowest BCUT2D eigenvalue weighted by Gasteiger charge is -2.32. The Hall–Kier alpha value is -2.64. The van der Waals surface area contributed by atoms with E-state index in [1.165, 1.54) is 0 Å². The van der Waals surface area contributed by atoms with Gasteiger partial charge in [0.05, 0.1) is 28.8 Å². The van der Waals surface area contributed by atoms with Gasteiger partial charge in [-0.15, -0.1) is 0 Å². The van der Waals surface area contributed by atoms with E-state index in [0.717, 1.165) is 28.1 Å². The lowest BCUT2D eigenvalue weighted by Crippen LogP contribution is -2.41. The molecule has 156 valence electrons. The molecule has 3 heterocycles. The predicted octanol–water partition coefficient (Wildman–Crippen LogP) is 3.76. The van der Waals surface area contributed by atoms with E-state index in [1.54, 1.807) is 6.20 Å². The molecular weight excluding hydrogens is 377 g/mol. The maximum absolute atomic E-state index is 6.24. The second-order valence-electron chi connectivity index (χ2n) is 8.71. The van der Waals surface area contributed by atoms with Crippen LogP contribution in [0.1, 0.15) is 44.6 Å². The largest absolute Gasteiger partial charge is 0.498 e. The Balaban J connectivity index is 1.53. The highest BCUT2D eigenvalue weighted by molar-refractivity contribution is 6.63. The van der Waals surface area contributed by atoms with Crippen molar-refractivity contribution in [2.24, 2.45) is 0 Å². The zero-order chi connectivity index (χ0) is 21.5. The zero-order valence-electron chi connectivity index (χ0n) is 18.5. The first kappa shape index (κ1) is 20.6. The van der Waals surface area contributed by atoms with Crippen molar-refractivity contribution in [3.05, 3.63) is 65.6 Å². The Morgan fingerprint density at radius 2 is 1.63 bits per heavy atom. The first-order valence-corrected chi connectivity index (χ1v) is 10.2. The Morgan fingerprint density at radius 1 is 0.967 bits per heavy atom. The average molecular weight is 405 g/mol. The van der Waals surface area contributed by atoms with Crippen molar-refractivity contribution in [1.82, 2.24) is 14.8 Å². The second-order valence-corrected chi connectivity index (χ2v) is 8.71. The van der Waals surface area contributed by atoms with Crippen LogP contribution in [0, 0.1) is 13.8 Å². The molecule has 0 bridgehead atoms. The van der Waals surface area contributed by atoms with E-state index < -0.39 is 18.3 Å². The highest BCUT2D eigenvalue weighted by Crippen LogP contribution is 2.37. The predicted molar refractivity (Wildman–Crippen MR) is 117 cm³/mol. The third-order valence-electron chi connectivity index (χ3n) is 6.03. The van der Waals surface area contributed by atoms with Crippen LogP contribution in [-0.4, -0.2) is 33.1 Å². The molecule has 3 aromatic rings. The summed E-state index contributed by atoms with van der Waals surface area (Å²) >= 11 is 0. The summed E-state index contributed by atoms with van der Waals surface area (Å²) in [6, 6.07) is 13.9. The number of rotatable bonds is 5. The lowest BCUT2D eigenvalue weighted by molar-refractivity contribution is 0.00578. The minimum absolute atomic E-state index is 0.391. The van der Waals surface area contributed by atoms with Crippen LogP contribution in [0.3, 0.4) is 0 Å². The fourth-order valence-corrected chi connectivity index (χ4v) is 3.52. The van der Waals surface area contributed by atoms with Gasteiger partial charge in [0.15, 0.2) is 0 Å². The molecule has 1 aliphatic rings. The first-order chi connectivity index (χ1) is 14.2. The Morgan fingerprint density at radius 3 is 2.23 bits per heavy atom. The summed E-state index contributed by atoms with van der Waals surface area (Å²) in [4.78, 5) is 4.45. The van der Waals surface area contributed by atoms with Crippen LogP contribution < -0.4 is 10.2 Å². The van der Waals surface area contributed by atoms with Crippen molar-refractivity contribution >= 4 is 12.6 Å². The molecule has 0 saturated carbocycles. The fourth-order valence-electron chi connectivity index (χ4n) is 3.52. The minimum Gasteiger partial charge on any atom is -0.473 e. The lowest BCUT2D eigenvalue weighted by atomic mass is 9.77. The molecule has 2 aromatic heterocycles. The summed E-state index contributed by atoms with van der Waals surface area (Å²) < 4.78 is 20.2. The summed E-state index contributed by atoms with van der Waals surface area (Å²) in [5, 5.41) is 4.72. The van der Waals surface area contributed by atoms with E-state index >= 15 is 0 Å². The van der Waals surface area contributed by atoms with Crippen LogP contribution in [0.2, 0.25) is 0 Å². The van der Waals surface area contributed by atoms with Crippen molar-refractivity contribution in [1.29, 1.82) is 0 Å². The third kappa shape index (κ3) is 3.75. The van der Waals surface area contributed by atoms with Crippen LogP contribution in [-0.2, 0) is 15.9 Å². The van der Waals surface area contributed by atoms with Gasteiger partial charge in [-0.2, -0.15) is 5.10 Å². The zero-order valence-corrected chi connectivity index (χ0v) is 18.5. The van der Waals surface area contributed by atoms with Crippen molar-refractivity contribution in [3.63, 3.8) is 0 Å². The maximum atomic E-state index is 6.24. The fraction of sp³-hybridized carbons (Fsp3) is 0.391. The minimum atomic E-state index is -0.440. The maximum Gasteiger partial charge on any atom is 0.498 e. The molecule has 0 aliphatic carbocycles. The van der Waals surface area contributed by atoms with Gasteiger partial charge in [-0.1, -0.05) is 30.3 Å². The molecule has 1 aliphatic heterocycles. The Bertz CT molecular complexity index is 1010. The van der Waals surface area contributed by atoms with E-state index in [2.05, 4.69) is 32.7 Å². The molecule has 4 rings (SSSR count). The Labute approximate surface area is 178 Å². The Kier molecular flexibility index (Phi) is 5.20. The quantitative estimate of drug-likeness (QED) is 0.605. The van der Waals surface area contributed by atoms with Gasteiger partial charge in [0.25, 0.3) is 0 Å². The number of hydrogen-bond acceptors (Lipinski definition) is 5. The topological polar surface area (TPSA) is 58.4 Å². The van der Waals surface area contributed by atoms with Gasteiger partial charge in [-0.3, -0.25) is 0 Å². The van der Waals surface area contributed by atoms with Gasteiger partial charge in [0.1, 0.15) is 6.61 Å². The normalized spacial score (nSPS) is 17.3. The van der Waals surface area contributed by atoms with Crippen LogP contribution in [0.25, 0.3) is 5.69 Å². The van der Waals surface area contributed by atoms with Gasteiger partial charge in [0.2, 0.25) is 5.88 Å². The van der Waals surface area contributed by atoms with E-state index in [9.17, 15) is 0 Å². The molecule has 1 saturated heterocycles. The second kappa shape index (κ2) is 7.56. The number of hydrogen-bond donors (Lipinski definition) is 0. The van der Waals surface area contributed by atoms with Crippen LogP contribution >= 0.6 is 0 Å². The number of aromatic nitrogens is 3. The number of benzene rings is 1. The summed E-state index contributed by atoms with van der Waals surface area (Å²) in [5.41, 5.74) is 4.02. The van der Waals surface area contributed by atoms with E-state index in [0.29, 0.717) is 12.5 Å². The molecule has 30 heavy (non-hydrogen) atoms. The molecule has 1 fully saturated rings. The summed E-state index contributed by atoms with van der Waals surface area (Å²) in [7, 11) is -0.440. The van der Waals surface area contributed by atoms with E-state index in [-0.39, 0.29) is 0 Å². The average Bonchev–Trinajstić information content (AvgIpc) is 3.11. The molecule has 6 nitrogen and oxygen atoms in total. The monoisotopic (exact) mass is 405 g/mol. The SMILES string of the molecule is Cc1nn(-c2ccc(OCc3ccccc3)nc2)c(C)c1B1OC(C)(C)C(C)(C)O1. The van der Waals surface area contributed by atoms with Crippen molar-refractivity contribution < 1.29 is 14.0 Å². The van der Waals surface area contributed by atoms with Crippen molar-refractivity contribution in [2.75, 3.05) is 0 Å². The molecular formula is C23H28BN3O3. The number of aryl methyl sites for hydroxylation is 1. The van der Waals surface area contributed by atoms with Gasteiger partial charge in [-0.25, -0.2) is 9.67 Å². The molecule has 0 N–H and O–H groups in total. The standard InChI is InChI=1S/C23H28BN3O3/c1-16-21(24-29-22(3,4)23(5,6)30-24)17(2)27(26-16)19-12-13-20(25-14-19)28-15-18-10-8-7-9-11-18/h7-14H,15H2,1-6H3. The molecule has 0 spiro atoms. The molecule has 7 heteroatoms. The van der Waals surface area contributed by atoms with E-state index in [4.69, 9.17) is 19.1 Å². The molecule has 1 aromatic carbocycles. The summed E-state index contributed by atoms with van der Waals surface area (Å²) in [5.74, 6) is 0.579. The first-order valence-electron chi connectivity index (χ1n) is 10.2. The van der Waals surface area contributed by atoms with Gasteiger partial charge in [0, 0.05) is 17.2 Å². The van der Waals surface area contributed by atoms with Crippen LogP contribution in [0.5, 0.6) is 5.88 Å². The van der Waals surface area contributed by atoms with Gasteiger partial charge >= 0.3 is 7.12 Å². The highest BCUT2D eigenvalue weighted by Gasteiger charge is 2.53. The number of nitrogens with zero attached hydrogens (tertiary/aromatic N) is 3. The van der Waals surface area contributed by atoms with Gasteiger partial charge < -0.3 is 14.0 Å². The van der Waals surface area contributed by atoms with E-state index in [1.807, 2.05) is 61.0 Å². The molecule has 0 atom stereocenters. The van der Waals surface area contributed by atoms with Crippen LogP contribution in [0.15, 0.2) is 48.7 Å². The smallest absolute Gasteiger partial charge is 0.473 e. The highest BCUT2D eigenvalue weighted by atomic mass is 16.7. The van der Waals surface area contributed by atoms with Crippen LogP contribution in [0.4, 0.5) is 0 Å². The summed E-state index contributed by atoms with van der Waals surface area (Å²) in [6.07, 6.45) is 1.77.